The average Bonchev–Trinajstić information content (AvgIpc) is 2.46. The van der Waals surface area contributed by atoms with Crippen LogP contribution in [0.1, 0.15) is 0 Å². The molecular weight excluding hydrogens is 289 g/mol. The summed E-state index contributed by atoms with van der Waals surface area (Å²) in [6.07, 6.45) is -0.638. The molecule has 4 nitrogen and oxygen atoms in total. The van der Waals surface area contributed by atoms with Crippen molar-refractivity contribution >= 4 is 29.1 Å². The molecule has 1 unspecified atom stereocenters. The summed E-state index contributed by atoms with van der Waals surface area (Å²) in [4.78, 5) is 13.9. The van der Waals surface area contributed by atoms with Gasteiger partial charge in [-0.1, -0.05) is 12.1 Å². The standard InChI is InChI=1S/C13H15Cl2NO3/c14-5-7-16(8-6-15)13(17)12-9-18-10-3-1-2-4-11(10)19-12/h1-4,12H,5-9H2. The fourth-order valence-corrected chi connectivity index (χ4v) is 2.29. The van der Waals surface area contributed by atoms with Crippen molar-refractivity contribution in [1.29, 1.82) is 0 Å². The van der Waals surface area contributed by atoms with Crippen LogP contribution in [0.2, 0.25) is 0 Å². The minimum Gasteiger partial charge on any atom is -0.485 e. The van der Waals surface area contributed by atoms with Gasteiger partial charge in [-0.3, -0.25) is 4.79 Å². The summed E-state index contributed by atoms with van der Waals surface area (Å²) in [6.45, 7) is 1.11. The van der Waals surface area contributed by atoms with Crippen molar-refractivity contribution in [2.45, 2.75) is 6.10 Å². The SMILES string of the molecule is O=C(C1COc2ccccc2O1)N(CCCl)CCCl. The number of para-hydroxylation sites is 2. The third-order valence-electron chi connectivity index (χ3n) is 2.80. The van der Waals surface area contributed by atoms with Gasteiger partial charge in [0.1, 0.15) is 6.61 Å². The molecule has 0 saturated heterocycles. The van der Waals surface area contributed by atoms with Gasteiger partial charge in [0.15, 0.2) is 11.5 Å². The van der Waals surface area contributed by atoms with E-state index in [1.54, 1.807) is 11.0 Å². The lowest BCUT2D eigenvalue weighted by Crippen LogP contribution is -2.47. The number of amides is 1. The molecule has 1 aliphatic rings. The van der Waals surface area contributed by atoms with E-state index in [2.05, 4.69) is 0 Å². The van der Waals surface area contributed by atoms with E-state index in [9.17, 15) is 4.79 Å². The fourth-order valence-electron chi connectivity index (χ4n) is 1.88. The molecule has 0 fully saturated rings. The maximum absolute atomic E-state index is 12.3. The van der Waals surface area contributed by atoms with Gasteiger partial charge in [0.05, 0.1) is 0 Å². The maximum Gasteiger partial charge on any atom is 0.267 e. The molecule has 2 rings (SSSR count). The molecule has 0 N–H and O–H groups in total. The third-order valence-corrected chi connectivity index (χ3v) is 3.14. The zero-order valence-corrected chi connectivity index (χ0v) is 11.9. The first-order valence-electron chi connectivity index (χ1n) is 6.05. The van der Waals surface area contributed by atoms with Crippen LogP contribution >= 0.6 is 23.2 Å². The van der Waals surface area contributed by atoms with Crippen LogP contribution in [-0.4, -0.2) is 48.4 Å². The summed E-state index contributed by atoms with van der Waals surface area (Å²) >= 11 is 11.4. The van der Waals surface area contributed by atoms with Crippen molar-refractivity contribution in [2.75, 3.05) is 31.5 Å². The van der Waals surface area contributed by atoms with E-state index in [4.69, 9.17) is 32.7 Å². The van der Waals surface area contributed by atoms with Crippen LogP contribution in [0.15, 0.2) is 24.3 Å². The van der Waals surface area contributed by atoms with Gasteiger partial charge < -0.3 is 14.4 Å². The van der Waals surface area contributed by atoms with Gasteiger partial charge in [-0.05, 0) is 12.1 Å². The predicted octanol–water partition coefficient (Wildman–Crippen LogP) is 2.13. The highest BCUT2D eigenvalue weighted by Gasteiger charge is 2.30. The van der Waals surface area contributed by atoms with Crippen LogP contribution in [0.3, 0.4) is 0 Å². The Kier molecular flexibility index (Phi) is 5.16. The number of rotatable bonds is 5. The molecule has 104 valence electrons. The maximum atomic E-state index is 12.3. The second-order valence-electron chi connectivity index (χ2n) is 4.07. The number of halogens is 2. The highest BCUT2D eigenvalue weighted by atomic mass is 35.5. The highest BCUT2D eigenvalue weighted by molar-refractivity contribution is 6.18. The molecular formula is C13H15Cl2NO3. The van der Waals surface area contributed by atoms with E-state index in [0.717, 1.165) is 0 Å². The molecule has 0 aliphatic carbocycles. The summed E-state index contributed by atoms with van der Waals surface area (Å²) in [5.74, 6) is 1.84. The molecule has 1 aliphatic heterocycles. The van der Waals surface area contributed by atoms with Crippen LogP contribution in [-0.2, 0) is 4.79 Å². The monoisotopic (exact) mass is 303 g/mol. The van der Waals surface area contributed by atoms with Crippen molar-refractivity contribution in [2.24, 2.45) is 0 Å². The molecule has 0 saturated carbocycles. The van der Waals surface area contributed by atoms with Gasteiger partial charge in [0.2, 0.25) is 6.10 Å². The minimum atomic E-state index is -0.638. The van der Waals surface area contributed by atoms with Crippen LogP contribution in [0, 0.1) is 0 Å². The summed E-state index contributed by atoms with van der Waals surface area (Å²) in [7, 11) is 0. The molecule has 1 atom stereocenters. The Morgan fingerprint density at radius 1 is 1.21 bits per heavy atom. The molecule has 0 radical (unpaired) electrons. The topological polar surface area (TPSA) is 38.8 Å². The molecule has 1 heterocycles. The third kappa shape index (κ3) is 3.45. The van der Waals surface area contributed by atoms with Crippen LogP contribution < -0.4 is 9.47 Å². The molecule has 19 heavy (non-hydrogen) atoms. The van der Waals surface area contributed by atoms with E-state index in [-0.39, 0.29) is 12.5 Å². The number of alkyl halides is 2. The zero-order valence-electron chi connectivity index (χ0n) is 10.4. The van der Waals surface area contributed by atoms with Crippen molar-refractivity contribution in [3.63, 3.8) is 0 Å². The Bertz CT molecular complexity index is 436. The minimum absolute atomic E-state index is 0.143. The van der Waals surface area contributed by atoms with E-state index in [0.29, 0.717) is 36.3 Å². The van der Waals surface area contributed by atoms with E-state index >= 15 is 0 Å². The van der Waals surface area contributed by atoms with Crippen LogP contribution in [0.4, 0.5) is 0 Å². The first kappa shape index (κ1) is 14.3. The molecule has 0 spiro atoms. The highest BCUT2D eigenvalue weighted by Crippen LogP contribution is 2.31. The molecule has 0 aromatic heterocycles. The number of hydrogen-bond donors (Lipinski definition) is 0. The smallest absolute Gasteiger partial charge is 0.267 e. The van der Waals surface area contributed by atoms with Crippen molar-refractivity contribution in [1.82, 2.24) is 4.90 Å². The van der Waals surface area contributed by atoms with Gasteiger partial charge in [-0.15, -0.1) is 23.2 Å². The van der Waals surface area contributed by atoms with Crippen molar-refractivity contribution in [3.8, 4) is 11.5 Å². The molecule has 1 amide bonds. The lowest BCUT2D eigenvalue weighted by Gasteiger charge is -2.30. The number of benzene rings is 1. The molecule has 1 aromatic rings. The van der Waals surface area contributed by atoms with Gasteiger partial charge in [0.25, 0.3) is 5.91 Å². The van der Waals surface area contributed by atoms with E-state index in [1.807, 2.05) is 18.2 Å². The Labute approximate surface area is 122 Å². The number of fused-ring (bicyclic) bond motifs is 1. The summed E-state index contributed by atoms with van der Waals surface area (Å²) in [6, 6.07) is 7.29. The number of carbonyl (C=O) groups excluding carboxylic acids is 1. The first-order chi connectivity index (χ1) is 9.26. The zero-order chi connectivity index (χ0) is 13.7. The molecule has 6 heteroatoms. The number of carbonyl (C=O) groups is 1. The quantitative estimate of drug-likeness (QED) is 0.782. The Morgan fingerprint density at radius 3 is 2.47 bits per heavy atom. The first-order valence-corrected chi connectivity index (χ1v) is 7.12. The van der Waals surface area contributed by atoms with E-state index in [1.165, 1.54) is 0 Å². The predicted molar refractivity (Wildman–Crippen MR) is 74.4 cm³/mol. The van der Waals surface area contributed by atoms with Gasteiger partial charge in [0, 0.05) is 24.8 Å². The number of nitrogens with zero attached hydrogens (tertiary/aromatic N) is 1. The Hall–Kier alpha value is -1.13. The van der Waals surface area contributed by atoms with Crippen molar-refractivity contribution in [3.05, 3.63) is 24.3 Å². The molecule has 0 bridgehead atoms. The number of hydrogen-bond acceptors (Lipinski definition) is 3. The average molecular weight is 304 g/mol. The normalized spacial score (nSPS) is 17.1. The summed E-state index contributed by atoms with van der Waals surface area (Å²) < 4.78 is 11.2. The van der Waals surface area contributed by atoms with Gasteiger partial charge >= 0.3 is 0 Å². The van der Waals surface area contributed by atoms with Crippen molar-refractivity contribution < 1.29 is 14.3 Å². The Balaban J connectivity index is 2.04. The second kappa shape index (κ2) is 6.87. The lowest BCUT2D eigenvalue weighted by molar-refractivity contribution is -0.140. The fraction of sp³-hybridized carbons (Fsp3) is 0.462. The van der Waals surface area contributed by atoms with Crippen LogP contribution in [0.25, 0.3) is 0 Å². The van der Waals surface area contributed by atoms with Crippen LogP contribution in [0.5, 0.6) is 11.5 Å². The van der Waals surface area contributed by atoms with E-state index < -0.39 is 6.10 Å². The second-order valence-corrected chi connectivity index (χ2v) is 4.82. The summed E-state index contributed by atoms with van der Waals surface area (Å²) in [5.41, 5.74) is 0. The number of ether oxygens (including phenoxy) is 2. The van der Waals surface area contributed by atoms with Gasteiger partial charge in [-0.2, -0.15) is 0 Å². The summed E-state index contributed by atoms with van der Waals surface area (Å²) in [5, 5.41) is 0. The Morgan fingerprint density at radius 2 is 1.84 bits per heavy atom. The van der Waals surface area contributed by atoms with Gasteiger partial charge in [-0.25, -0.2) is 0 Å². The molecule has 1 aromatic carbocycles. The lowest BCUT2D eigenvalue weighted by atomic mass is 10.2. The largest absolute Gasteiger partial charge is 0.485 e.